The number of hydrogen-bond donors (Lipinski definition) is 3. The van der Waals surface area contributed by atoms with E-state index in [0.717, 1.165) is 5.56 Å². The van der Waals surface area contributed by atoms with E-state index in [1.807, 2.05) is 24.3 Å². The molecule has 4 nitrogen and oxygen atoms in total. The third-order valence-corrected chi connectivity index (χ3v) is 4.15. The van der Waals surface area contributed by atoms with E-state index in [1.54, 1.807) is 18.3 Å². The van der Waals surface area contributed by atoms with Crippen LogP contribution in [0.2, 0.25) is 15.1 Å². The Morgan fingerprint density at radius 3 is 2.61 bits per heavy atom. The highest BCUT2D eigenvalue weighted by molar-refractivity contribution is 7.80. The normalized spacial score (nSPS) is 10.7. The molecule has 0 aromatic heterocycles. The average molecular weight is 390 g/mol. The van der Waals surface area contributed by atoms with Crippen LogP contribution in [0.5, 0.6) is 5.75 Å². The molecule has 0 heterocycles. The molecule has 23 heavy (non-hydrogen) atoms. The summed E-state index contributed by atoms with van der Waals surface area (Å²) in [6.45, 7) is 0.186. The largest absolute Gasteiger partial charge is 0.488 e. The summed E-state index contributed by atoms with van der Waals surface area (Å²) in [5.74, 6) is 0.636. The van der Waals surface area contributed by atoms with Gasteiger partial charge in [0.25, 0.3) is 0 Å². The Balaban J connectivity index is 2.17. The molecular formula is C15H13Cl3N3OS+. The molecule has 0 bridgehead atoms. The molecule has 0 aliphatic heterocycles. The molecule has 0 saturated heterocycles. The lowest BCUT2D eigenvalue weighted by atomic mass is 10.2. The van der Waals surface area contributed by atoms with Crippen LogP contribution in [-0.4, -0.2) is 11.3 Å². The molecule has 0 aliphatic rings. The van der Waals surface area contributed by atoms with E-state index in [-0.39, 0.29) is 11.7 Å². The number of para-hydroxylation sites is 1. The molecule has 2 rings (SSSR count). The molecular weight excluding hydrogens is 377 g/mol. The first-order valence-electron chi connectivity index (χ1n) is 6.47. The second kappa shape index (κ2) is 8.36. The summed E-state index contributed by atoms with van der Waals surface area (Å²) in [5, 5.41) is 4.22. The van der Waals surface area contributed by atoms with Crippen LogP contribution in [-0.2, 0) is 6.61 Å². The monoisotopic (exact) mass is 388 g/mol. The Labute approximate surface area is 154 Å². The number of hydrogen-bond acceptors (Lipinski definition) is 2. The van der Waals surface area contributed by atoms with Gasteiger partial charge in [0.2, 0.25) is 11.3 Å². The Morgan fingerprint density at radius 2 is 1.87 bits per heavy atom. The molecule has 0 amide bonds. The Kier molecular flexibility index (Phi) is 6.47. The number of hydrazone groups is 1. The van der Waals surface area contributed by atoms with Crippen LogP contribution < -0.4 is 21.0 Å². The first kappa shape index (κ1) is 17.8. The van der Waals surface area contributed by atoms with Gasteiger partial charge < -0.3 is 10.5 Å². The number of benzene rings is 2. The predicted octanol–water partition coefficient (Wildman–Crippen LogP) is 2.47. The van der Waals surface area contributed by atoms with Crippen molar-refractivity contribution in [2.24, 2.45) is 5.73 Å². The SMILES string of the molecule is NC(=S)N[NH+]=Cc1ccccc1OCc1c(Cl)ccc(Cl)c1Cl. The number of thiocarbonyl (C=S) groups is 1. The van der Waals surface area contributed by atoms with Crippen LogP contribution in [0.15, 0.2) is 36.4 Å². The minimum atomic E-state index is 0.136. The minimum absolute atomic E-state index is 0.136. The molecule has 8 heteroatoms. The second-order valence-corrected chi connectivity index (χ2v) is 6.06. The minimum Gasteiger partial charge on any atom is -0.488 e. The smallest absolute Gasteiger partial charge is 0.221 e. The highest BCUT2D eigenvalue weighted by atomic mass is 35.5. The third-order valence-electron chi connectivity index (χ3n) is 2.85. The maximum Gasteiger partial charge on any atom is 0.221 e. The molecule has 0 fully saturated rings. The summed E-state index contributed by atoms with van der Waals surface area (Å²) in [4.78, 5) is 0. The first-order valence-corrected chi connectivity index (χ1v) is 8.01. The van der Waals surface area contributed by atoms with Crippen molar-refractivity contribution in [1.29, 1.82) is 0 Å². The number of hydrazine groups is 1. The van der Waals surface area contributed by atoms with Crippen LogP contribution in [0.4, 0.5) is 0 Å². The van der Waals surface area contributed by atoms with E-state index in [1.165, 1.54) is 0 Å². The maximum absolute atomic E-state index is 6.17. The van der Waals surface area contributed by atoms with Crippen molar-refractivity contribution >= 4 is 58.3 Å². The van der Waals surface area contributed by atoms with E-state index in [9.17, 15) is 0 Å². The molecule has 0 spiro atoms. The van der Waals surface area contributed by atoms with E-state index in [4.69, 9.17) is 57.5 Å². The number of ether oxygens (including phenoxy) is 1. The van der Waals surface area contributed by atoms with Crippen molar-refractivity contribution in [3.8, 4) is 5.75 Å². The van der Waals surface area contributed by atoms with Gasteiger partial charge in [0.05, 0.1) is 15.6 Å². The summed E-state index contributed by atoms with van der Waals surface area (Å²) < 4.78 is 5.81. The van der Waals surface area contributed by atoms with Crippen molar-refractivity contribution in [1.82, 2.24) is 5.43 Å². The number of halogens is 3. The lowest BCUT2D eigenvalue weighted by molar-refractivity contribution is -0.499. The van der Waals surface area contributed by atoms with Gasteiger partial charge >= 0.3 is 0 Å². The number of nitrogens with two attached hydrogens (primary N) is 1. The summed E-state index contributed by atoms with van der Waals surface area (Å²) in [5.41, 5.74) is 9.38. The van der Waals surface area contributed by atoms with Crippen LogP contribution in [0.3, 0.4) is 0 Å². The zero-order chi connectivity index (χ0) is 16.8. The molecule has 0 saturated carbocycles. The van der Waals surface area contributed by atoms with Crippen molar-refractivity contribution in [2.45, 2.75) is 6.61 Å². The average Bonchev–Trinajstić information content (AvgIpc) is 2.52. The molecule has 2 aromatic rings. The molecule has 0 aliphatic carbocycles. The van der Waals surface area contributed by atoms with Gasteiger partial charge in [-0.25, -0.2) is 0 Å². The molecule has 120 valence electrons. The summed E-state index contributed by atoms with van der Waals surface area (Å²) in [6, 6.07) is 10.7. The standard InChI is InChI=1S/C15H12Cl3N3OS/c16-11-5-6-12(17)14(18)10(11)8-22-13-4-2-1-3-9(13)7-20-21-15(19)23/h1-7H,8H2,(H3,19,21,23)/p+1. The highest BCUT2D eigenvalue weighted by Crippen LogP contribution is 2.32. The Hall–Kier alpha value is -1.53. The van der Waals surface area contributed by atoms with Crippen molar-refractivity contribution < 1.29 is 9.84 Å². The quantitative estimate of drug-likeness (QED) is 0.318. The van der Waals surface area contributed by atoms with Gasteiger partial charge in [-0.3, -0.25) is 0 Å². The van der Waals surface area contributed by atoms with E-state index in [0.29, 0.717) is 26.4 Å². The van der Waals surface area contributed by atoms with Gasteiger partial charge in [-0.05, 0) is 36.5 Å². The fraction of sp³-hybridized carbons (Fsp3) is 0.0667. The predicted molar refractivity (Wildman–Crippen MR) is 98.3 cm³/mol. The van der Waals surface area contributed by atoms with Crippen LogP contribution in [0.1, 0.15) is 11.1 Å². The fourth-order valence-electron chi connectivity index (χ4n) is 1.77. The van der Waals surface area contributed by atoms with Gasteiger partial charge in [0.15, 0.2) is 0 Å². The zero-order valence-electron chi connectivity index (χ0n) is 11.8. The van der Waals surface area contributed by atoms with E-state index in [2.05, 4.69) is 10.5 Å². The van der Waals surface area contributed by atoms with Gasteiger partial charge in [-0.1, -0.05) is 46.9 Å². The lowest BCUT2D eigenvalue weighted by Crippen LogP contribution is -2.82. The third kappa shape index (κ3) is 4.97. The lowest BCUT2D eigenvalue weighted by Gasteiger charge is -2.11. The van der Waals surface area contributed by atoms with Gasteiger partial charge in [0, 0.05) is 10.6 Å². The summed E-state index contributed by atoms with van der Waals surface area (Å²) >= 11 is 23.0. The van der Waals surface area contributed by atoms with Gasteiger partial charge in [-0.2, -0.15) is 0 Å². The molecule has 0 radical (unpaired) electrons. The van der Waals surface area contributed by atoms with Gasteiger partial charge in [-0.15, -0.1) is 10.5 Å². The molecule has 4 N–H and O–H groups in total. The second-order valence-electron chi connectivity index (χ2n) is 4.43. The molecule has 0 unspecified atom stereocenters. The topological polar surface area (TPSA) is 61.2 Å². The molecule has 0 atom stereocenters. The Morgan fingerprint density at radius 1 is 1.17 bits per heavy atom. The Bertz CT molecular complexity index is 753. The van der Waals surface area contributed by atoms with Crippen molar-refractivity contribution in [3.63, 3.8) is 0 Å². The zero-order valence-corrected chi connectivity index (χ0v) is 14.9. The van der Waals surface area contributed by atoms with Crippen LogP contribution >= 0.6 is 47.0 Å². The first-order chi connectivity index (χ1) is 11.0. The molecule has 2 aromatic carbocycles. The summed E-state index contributed by atoms with van der Waals surface area (Å²) in [6.07, 6.45) is 1.68. The van der Waals surface area contributed by atoms with Gasteiger partial charge in [0.1, 0.15) is 12.4 Å². The van der Waals surface area contributed by atoms with E-state index >= 15 is 0 Å². The number of rotatable bonds is 5. The van der Waals surface area contributed by atoms with E-state index < -0.39 is 0 Å². The fourth-order valence-corrected chi connectivity index (χ4v) is 2.48. The van der Waals surface area contributed by atoms with Crippen LogP contribution in [0.25, 0.3) is 0 Å². The highest BCUT2D eigenvalue weighted by Gasteiger charge is 2.11. The van der Waals surface area contributed by atoms with Crippen molar-refractivity contribution in [2.75, 3.05) is 0 Å². The summed E-state index contributed by atoms with van der Waals surface area (Å²) in [7, 11) is 0. The number of nitrogens with one attached hydrogen (secondary N) is 2. The van der Waals surface area contributed by atoms with Crippen LogP contribution in [0, 0.1) is 0 Å². The maximum atomic E-state index is 6.17. The van der Waals surface area contributed by atoms with Crippen molar-refractivity contribution in [3.05, 3.63) is 62.6 Å².